The number of amidine groups is 1. The molecule has 0 amide bonds. The van der Waals surface area contributed by atoms with Crippen LogP contribution in [0.3, 0.4) is 0 Å². The molecule has 2 aromatic carbocycles. The quantitative estimate of drug-likeness (QED) is 0.423. The van der Waals surface area contributed by atoms with E-state index in [1.807, 2.05) is 37.3 Å². The summed E-state index contributed by atoms with van der Waals surface area (Å²) < 4.78 is 11.5. The van der Waals surface area contributed by atoms with E-state index in [1.54, 1.807) is 12.1 Å². The number of nitrogens with one attached hydrogen (secondary N) is 1. The number of aliphatic hydroxyl groups is 3. The summed E-state index contributed by atoms with van der Waals surface area (Å²) in [5.74, 6) is 1.58. The summed E-state index contributed by atoms with van der Waals surface area (Å²) in [5.41, 5.74) is 2.57. The molecule has 2 heterocycles. The fourth-order valence-corrected chi connectivity index (χ4v) is 4.28. The number of hydrogen-bond acceptors (Lipinski definition) is 8. The molecule has 2 aromatic rings. The first-order valence-corrected chi connectivity index (χ1v) is 11.8. The van der Waals surface area contributed by atoms with Crippen LogP contribution in [0.25, 0.3) is 0 Å². The SMILES string of the molecule is CCOc1ccc(Cc2cc([C@@H]3O[C@H](C=NCC4=NCCN4)[C@@H](O)[C@H](O)[C@H]3O)ccc2Cl)cc1. The number of halogens is 1. The van der Waals surface area contributed by atoms with Gasteiger partial charge in [-0.3, -0.25) is 9.98 Å². The van der Waals surface area contributed by atoms with Crippen molar-refractivity contribution < 1.29 is 24.8 Å². The second kappa shape index (κ2) is 11.3. The zero-order chi connectivity index (χ0) is 24.1. The average Bonchev–Trinajstić information content (AvgIpc) is 3.36. The molecule has 0 aromatic heterocycles. The first kappa shape index (κ1) is 24.6. The Kier molecular flexibility index (Phi) is 8.18. The standard InChI is InChI=1S/C25H30ClN3O5/c1-2-33-18-6-3-15(4-7-18)11-17-12-16(5-8-19(17)26)25-24(32)23(31)22(30)20(34-25)13-27-14-21-28-9-10-29-21/h3-8,12-13,20,22-25,30-32H,2,9-11,14H2,1H3,(H,28,29)/t20-,22-,23+,24-,25+/m1/s1. The monoisotopic (exact) mass is 487 g/mol. The van der Waals surface area contributed by atoms with Crippen molar-refractivity contribution >= 4 is 23.7 Å². The third-order valence-corrected chi connectivity index (χ3v) is 6.28. The zero-order valence-corrected chi connectivity index (χ0v) is 19.7. The average molecular weight is 488 g/mol. The van der Waals surface area contributed by atoms with Crippen LogP contribution in [-0.4, -0.2) is 78.0 Å². The molecule has 34 heavy (non-hydrogen) atoms. The van der Waals surface area contributed by atoms with Crippen molar-refractivity contribution in [2.24, 2.45) is 9.98 Å². The zero-order valence-electron chi connectivity index (χ0n) is 19.0. The van der Waals surface area contributed by atoms with Gasteiger partial charge in [0.1, 0.15) is 42.1 Å². The molecule has 1 fully saturated rings. The highest BCUT2D eigenvalue weighted by Crippen LogP contribution is 2.34. The molecule has 182 valence electrons. The van der Waals surface area contributed by atoms with Gasteiger partial charge in [0.15, 0.2) is 0 Å². The predicted octanol–water partition coefficient (Wildman–Crippen LogP) is 1.92. The number of benzene rings is 2. The van der Waals surface area contributed by atoms with Gasteiger partial charge >= 0.3 is 0 Å². The van der Waals surface area contributed by atoms with E-state index >= 15 is 0 Å². The third-order valence-electron chi connectivity index (χ3n) is 5.91. The van der Waals surface area contributed by atoms with Crippen LogP contribution in [0.4, 0.5) is 0 Å². The van der Waals surface area contributed by atoms with Crippen LogP contribution in [-0.2, 0) is 11.2 Å². The Bertz CT molecular complexity index is 1030. The molecule has 2 aliphatic rings. The summed E-state index contributed by atoms with van der Waals surface area (Å²) in [4.78, 5) is 8.57. The molecule has 0 saturated carbocycles. The Morgan fingerprint density at radius 3 is 2.65 bits per heavy atom. The van der Waals surface area contributed by atoms with Crippen LogP contribution in [0, 0.1) is 0 Å². The van der Waals surface area contributed by atoms with Crippen molar-refractivity contribution in [3.8, 4) is 5.75 Å². The maximum absolute atomic E-state index is 10.7. The number of hydrogen-bond donors (Lipinski definition) is 4. The summed E-state index contributed by atoms with van der Waals surface area (Å²) in [6, 6.07) is 13.2. The van der Waals surface area contributed by atoms with Gasteiger partial charge in [-0.05, 0) is 48.2 Å². The van der Waals surface area contributed by atoms with Gasteiger partial charge in [-0.2, -0.15) is 0 Å². The number of rotatable bonds is 8. The van der Waals surface area contributed by atoms with Crippen LogP contribution >= 0.6 is 11.6 Å². The number of nitrogens with zero attached hydrogens (tertiary/aromatic N) is 2. The molecule has 0 bridgehead atoms. The molecular formula is C25H30ClN3O5. The Hall–Kier alpha value is -2.49. The maximum atomic E-state index is 10.7. The van der Waals surface area contributed by atoms with E-state index in [9.17, 15) is 15.3 Å². The van der Waals surface area contributed by atoms with Gasteiger partial charge in [-0.25, -0.2) is 0 Å². The Labute approximate surface area is 203 Å². The van der Waals surface area contributed by atoms with Crippen LogP contribution < -0.4 is 10.1 Å². The minimum atomic E-state index is -1.39. The van der Waals surface area contributed by atoms with Gasteiger partial charge in [0.05, 0.1) is 19.7 Å². The van der Waals surface area contributed by atoms with E-state index in [0.717, 1.165) is 35.8 Å². The van der Waals surface area contributed by atoms with E-state index in [0.29, 0.717) is 30.2 Å². The first-order chi connectivity index (χ1) is 16.5. The molecule has 0 radical (unpaired) electrons. The van der Waals surface area contributed by atoms with Crippen LogP contribution in [0.5, 0.6) is 5.75 Å². The topological polar surface area (TPSA) is 116 Å². The fourth-order valence-electron chi connectivity index (χ4n) is 4.10. The second-order valence-corrected chi connectivity index (χ2v) is 8.75. The molecule has 0 spiro atoms. The Morgan fingerprint density at radius 2 is 1.94 bits per heavy atom. The molecule has 0 unspecified atom stereocenters. The summed E-state index contributed by atoms with van der Waals surface area (Å²) in [6.45, 7) is 4.39. The lowest BCUT2D eigenvalue weighted by Crippen LogP contribution is -2.54. The van der Waals surface area contributed by atoms with Gasteiger partial charge in [0, 0.05) is 17.8 Å². The summed E-state index contributed by atoms with van der Waals surface area (Å²) in [5, 5.41) is 35.3. The largest absolute Gasteiger partial charge is 0.494 e. The minimum absolute atomic E-state index is 0.336. The van der Waals surface area contributed by atoms with Crippen LogP contribution in [0.2, 0.25) is 5.02 Å². The van der Waals surface area contributed by atoms with Crippen LogP contribution in [0.15, 0.2) is 52.4 Å². The summed E-state index contributed by atoms with van der Waals surface area (Å²) in [7, 11) is 0. The molecule has 9 heteroatoms. The predicted molar refractivity (Wildman–Crippen MR) is 131 cm³/mol. The first-order valence-electron chi connectivity index (χ1n) is 11.4. The molecule has 4 rings (SSSR count). The van der Waals surface area contributed by atoms with E-state index in [2.05, 4.69) is 15.3 Å². The molecule has 5 atom stereocenters. The lowest BCUT2D eigenvalue weighted by molar-refractivity contribution is -0.205. The highest BCUT2D eigenvalue weighted by molar-refractivity contribution is 6.31. The van der Waals surface area contributed by atoms with Gasteiger partial charge in [0.25, 0.3) is 0 Å². The van der Waals surface area contributed by atoms with E-state index in [1.165, 1.54) is 6.21 Å². The molecule has 2 aliphatic heterocycles. The lowest BCUT2D eigenvalue weighted by atomic mass is 9.90. The summed E-state index contributed by atoms with van der Waals surface area (Å²) in [6.07, 6.45) is -3.69. The number of aliphatic hydroxyl groups excluding tert-OH is 3. The highest BCUT2D eigenvalue weighted by atomic mass is 35.5. The van der Waals surface area contributed by atoms with Gasteiger partial charge in [-0.1, -0.05) is 35.9 Å². The van der Waals surface area contributed by atoms with E-state index < -0.39 is 30.5 Å². The molecule has 4 N–H and O–H groups in total. The molecular weight excluding hydrogens is 458 g/mol. The second-order valence-electron chi connectivity index (χ2n) is 8.34. The van der Waals surface area contributed by atoms with Crippen molar-refractivity contribution in [2.75, 3.05) is 26.2 Å². The smallest absolute Gasteiger partial charge is 0.122 e. The lowest BCUT2D eigenvalue weighted by Gasteiger charge is -2.39. The van der Waals surface area contributed by atoms with E-state index in [-0.39, 0.29) is 0 Å². The van der Waals surface area contributed by atoms with Gasteiger partial charge in [0.2, 0.25) is 0 Å². The van der Waals surface area contributed by atoms with Gasteiger partial charge in [-0.15, -0.1) is 0 Å². The summed E-state index contributed by atoms with van der Waals surface area (Å²) >= 11 is 6.46. The van der Waals surface area contributed by atoms with Crippen molar-refractivity contribution in [1.29, 1.82) is 0 Å². The third kappa shape index (κ3) is 5.76. The van der Waals surface area contributed by atoms with Crippen molar-refractivity contribution in [3.05, 3.63) is 64.2 Å². The van der Waals surface area contributed by atoms with Crippen molar-refractivity contribution in [1.82, 2.24) is 5.32 Å². The van der Waals surface area contributed by atoms with Crippen molar-refractivity contribution in [3.63, 3.8) is 0 Å². The maximum Gasteiger partial charge on any atom is 0.122 e. The number of ether oxygens (including phenoxy) is 2. The highest BCUT2D eigenvalue weighted by Gasteiger charge is 2.43. The van der Waals surface area contributed by atoms with E-state index in [4.69, 9.17) is 21.1 Å². The molecule has 0 aliphatic carbocycles. The Balaban J connectivity index is 1.50. The Morgan fingerprint density at radius 1 is 1.15 bits per heavy atom. The fraction of sp³-hybridized carbons (Fsp3) is 0.440. The molecule has 1 saturated heterocycles. The van der Waals surface area contributed by atoms with Crippen LogP contribution in [0.1, 0.15) is 29.7 Å². The molecule has 8 nitrogen and oxygen atoms in total. The van der Waals surface area contributed by atoms with Gasteiger partial charge < -0.3 is 30.1 Å². The van der Waals surface area contributed by atoms with Crippen molar-refractivity contribution in [2.45, 2.75) is 43.9 Å². The minimum Gasteiger partial charge on any atom is -0.494 e. The number of aliphatic imine (C=N–C) groups is 2. The normalized spacial score (nSPS) is 27.0.